The van der Waals surface area contributed by atoms with Gasteiger partial charge in [-0.3, -0.25) is 0 Å². The van der Waals surface area contributed by atoms with E-state index in [9.17, 15) is 0 Å². The first-order valence-electron chi connectivity index (χ1n) is 8.19. The minimum Gasteiger partial charge on any atom is -0.497 e. The van der Waals surface area contributed by atoms with Crippen LogP contribution in [0.15, 0.2) is 42.5 Å². The molecule has 0 bridgehead atoms. The lowest BCUT2D eigenvalue weighted by molar-refractivity contribution is 0.415. The van der Waals surface area contributed by atoms with E-state index in [0.29, 0.717) is 11.0 Å². The summed E-state index contributed by atoms with van der Waals surface area (Å²) < 4.78 is 5.17. The SMILES string of the molecule is COc1ccc(NC(=S)NC(c2ccc(C)cc2C)C(C)C)cc1. The van der Waals surface area contributed by atoms with Crippen molar-refractivity contribution < 1.29 is 4.74 Å². The molecule has 128 valence electrons. The Labute approximate surface area is 150 Å². The molecule has 4 heteroatoms. The van der Waals surface area contributed by atoms with Gasteiger partial charge >= 0.3 is 0 Å². The molecule has 0 aliphatic carbocycles. The Morgan fingerprint density at radius 3 is 2.25 bits per heavy atom. The molecular weight excluding hydrogens is 316 g/mol. The number of methoxy groups -OCH3 is 1. The molecule has 0 amide bonds. The van der Waals surface area contributed by atoms with Crippen molar-refractivity contribution in [2.24, 2.45) is 5.92 Å². The highest BCUT2D eigenvalue weighted by Crippen LogP contribution is 2.26. The van der Waals surface area contributed by atoms with Crippen LogP contribution in [0, 0.1) is 19.8 Å². The fourth-order valence-electron chi connectivity index (χ4n) is 2.76. The summed E-state index contributed by atoms with van der Waals surface area (Å²) in [7, 11) is 1.66. The number of benzene rings is 2. The Hall–Kier alpha value is -2.07. The zero-order chi connectivity index (χ0) is 17.7. The third-order valence-electron chi connectivity index (χ3n) is 4.06. The zero-order valence-corrected chi connectivity index (χ0v) is 15.8. The van der Waals surface area contributed by atoms with Gasteiger partial charge in [0.15, 0.2) is 5.11 Å². The van der Waals surface area contributed by atoms with Gasteiger partial charge in [0.2, 0.25) is 0 Å². The molecule has 0 saturated carbocycles. The van der Waals surface area contributed by atoms with Gasteiger partial charge < -0.3 is 15.4 Å². The molecule has 0 aliphatic heterocycles. The predicted molar refractivity (Wildman–Crippen MR) is 106 cm³/mol. The fraction of sp³-hybridized carbons (Fsp3) is 0.350. The van der Waals surface area contributed by atoms with Crippen LogP contribution in [0.4, 0.5) is 5.69 Å². The summed E-state index contributed by atoms with van der Waals surface area (Å²) in [4.78, 5) is 0. The molecule has 2 rings (SSSR count). The molecule has 1 atom stereocenters. The van der Waals surface area contributed by atoms with E-state index in [-0.39, 0.29) is 6.04 Å². The first-order valence-corrected chi connectivity index (χ1v) is 8.60. The van der Waals surface area contributed by atoms with Gasteiger partial charge in [-0.05, 0) is 67.4 Å². The van der Waals surface area contributed by atoms with Crippen molar-refractivity contribution in [3.05, 3.63) is 59.2 Å². The van der Waals surface area contributed by atoms with Crippen LogP contribution in [0.3, 0.4) is 0 Å². The van der Waals surface area contributed by atoms with Crippen molar-refractivity contribution in [2.45, 2.75) is 33.7 Å². The molecule has 0 saturated heterocycles. The second-order valence-corrected chi connectivity index (χ2v) is 6.82. The van der Waals surface area contributed by atoms with Crippen LogP contribution in [0.25, 0.3) is 0 Å². The molecule has 2 aromatic rings. The Morgan fingerprint density at radius 1 is 1.04 bits per heavy atom. The Bertz CT molecular complexity index is 695. The third kappa shape index (κ3) is 4.71. The Balaban J connectivity index is 2.10. The fourth-order valence-corrected chi connectivity index (χ4v) is 3.01. The average molecular weight is 343 g/mol. The number of nitrogens with one attached hydrogen (secondary N) is 2. The van der Waals surface area contributed by atoms with E-state index in [1.54, 1.807) is 7.11 Å². The maximum atomic E-state index is 5.51. The lowest BCUT2D eigenvalue weighted by Gasteiger charge is -2.26. The van der Waals surface area contributed by atoms with Gasteiger partial charge in [-0.15, -0.1) is 0 Å². The van der Waals surface area contributed by atoms with E-state index >= 15 is 0 Å². The van der Waals surface area contributed by atoms with Crippen molar-refractivity contribution in [2.75, 3.05) is 12.4 Å². The molecule has 0 aliphatic rings. The molecule has 1 unspecified atom stereocenters. The van der Waals surface area contributed by atoms with Crippen LogP contribution in [-0.4, -0.2) is 12.2 Å². The van der Waals surface area contributed by atoms with Gasteiger partial charge in [0.25, 0.3) is 0 Å². The first kappa shape index (κ1) is 18.3. The summed E-state index contributed by atoms with van der Waals surface area (Å²) in [5.74, 6) is 1.25. The number of rotatable bonds is 5. The van der Waals surface area contributed by atoms with Gasteiger partial charge in [-0.2, -0.15) is 0 Å². The zero-order valence-electron chi connectivity index (χ0n) is 15.0. The molecule has 24 heavy (non-hydrogen) atoms. The Kier molecular flexibility index (Phi) is 6.21. The van der Waals surface area contributed by atoms with Crippen molar-refractivity contribution >= 4 is 23.0 Å². The van der Waals surface area contributed by atoms with E-state index in [2.05, 4.69) is 56.5 Å². The first-order chi connectivity index (χ1) is 11.4. The topological polar surface area (TPSA) is 33.3 Å². The molecule has 2 N–H and O–H groups in total. The van der Waals surface area contributed by atoms with Crippen molar-refractivity contribution in [3.8, 4) is 5.75 Å². The van der Waals surface area contributed by atoms with Gasteiger partial charge in [0.1, 0.15) is 5.75 Å². The molecule has 3 nitrogen and oxygen atoms in total. The Morgan fingerprint density at radius 2 is 1.71 bits per heavy atom. The van der Waals surface area contributed by atoms with E-state index in [0.717, 1.165) is 11.4 Å². The van der Waals surface area contributed by atoms with Crippen LogP contribution in [-0.2, 0) is 0 Å². The molecule has 0 fully saturated rings. The summed E-state index contributed by atoms with van der Waals surface area (Å²) in [5, 5.41) is 7.33. The molecule has 0 heterocycles. The summed E-state index contributed by atoms with van der Waals surface area (Å²) in [6.07, 6.45) is 0. The minimum atomic E-state index is 0.170. The van der Waals surface area contributed by atoms with Crippen LogP contribution < -0.4 is 15.4 Å². The van der Waals surface area contributed by atoms with Crippen LogP contribution in [0.1, 0.15) is 36.6 Å². The van der Waals surface area contributed by atoms with Gasteiger partial charge in [-0.1, -0.05) is 37.6 Å². The van der Waals surface area contributed by atoms with Gasteiger partial charge in [-0.25, -0.2) is 0 Å². The summed E-state index contributed by atoms with van der Waals surface area (Å²) in [6.45, 7) is 8.67. The highest BCUT2D eigenvalue weighted by molar-refractivity contribution is 7.80. The summed E-state index contributed by atoms with van der Waals surface area (Å²) >= 11 is 5.51. The molecule has 0 aromatic heterocycles. The quantitative estimate of drug-likeness (QED) is 0.750. The van der Waals surface area contributed by atoms with Crippen molar-refractivity contribution in [3.63, 3.8) is 0 Å². The van der Waals surface area contributed by atoms with Crippen LogP contribution in [0.5, 0.6) is 5.75 Å². The lowest BCUT2D eigenvalue weighted by Crippen LogP contribution is -2.35. The molecule has 0 spiro atoms. The van der Waals surface area contributed by atoms with Crippen LogP contribution in [0.2, 0.25) is 0 Å². The highest BCUT2D eigenvalue weighted by atomic mass is 32.1. The highest BCUT2D eigenvalue weighted by Gasteiger charge is 2.18. The molecule has 2 aromatic carbocycles. The number of ether oxygens (including phenoxy) is 1. The van der Waals surface area contributed by atoms with E-state index in [1.165, 1.54) is 16.7 Å². The second-order valence-electron chi connectivity index (χ2n) is 6.41. The number of hydrogen-bond donors (Lipinski definition) is 2. The second kappa shape index (κ2) is 8.15. The maximum absolute atomic E-state index is 5.51. The third-order valence-corrected chi connectivity index (χ3v) is 4.28. The summed E-state index contributed by atoms with van der Waals surface area (Å²) in [6, 6.07) is 14.5. The minimum absolute atomic E-state index is 0.170. The van der Waals surface area contributed by atoms with E-state index < -0.39 is 0 Å². The number of thiocarbonyl (C=S) groups is 1. The van der Waals surface area contributed by atoms with E-state index in [1.807, 2.05) is 24.3 Å². The maximum Gasteiger partial charge on any atom is 0.171 e. The molecule has 0 radical (unpaired) electrons. The normalized spacial score (nSPS) is 11.9. The van der Waals surface area contributed by atoms with Gasteiger partial charge in [0, 0.05) is 5.69 Å². The van der Waals surface area contributed by atoms with Crippen LogP contribution >= 0.6 is 12.2 Å². The number of hydrogen-bond acceptors (Lipinski definition) is 2. The largest absolute Gasteiger partial charge is 0.497 e. The van der Waals surface area contributed by atoms with Crippen molar-refractivity contribution in [1.82, 2.24) is 5.32 Å². The van der Waals surface area contributed by atoms with Gasteiger partial charge in [0.05, 0.1) is 13.2 Å². The molecular formula is C20H26N2OS. The summed E-state index contributed by atoms with van der Waals surface area (Å²) in [5.41, 5.74) is 4.79. The predicted octanol–water partition coefficient (Wildman–Crippen LogP) is 5.00. The number of anilines is 1. The number of aryl methyl sites for hydroxylation is 2. The van der Waals surface area contributed by atoms with Crippen molar-refractivity contribution in [1.29, 1.82) is 0 Å². The lowest BCUT2D eigenvalue weighted by atomic mass is 9.92. The standard InChI is InChI=1S/C20H26N2OS/c1-13(2)19(18-11-6-14(3)12-15(18)4)22-20(24)21-16-7-9-17(23-5)10-8-16/h6-13,19H,1-5H3,(H2,21,22,24). The average Bonchev–Trinajstić information content (AvgIpc) is 2.54. The smallest absolute Gasteiger partial charge is 0.171 e. The monoisotopic (exact) mass is 342 g/mol. The van der Waals surface area contributed by atoms with E-state index in [4.69, 9.17) is 17.0 Å².